The maximum atomic E-state index is 11.5. The SMILES string of the molecule is CC(C)(C)OC(=O)Nc1cc(C(=O)O)ncc1Br. The van der Waals surface area contributed by atoms with E-state index in [9.17, 15) is 9.59 Å². The lowest BCUT2D eigenvalue weighted by Crippen LogP contribution is -2.27. The third-order valence-corrected chi connectivity index (χ3v) is 2.34. The number of nitrogens with zero attached hydrogens (tertiary/aromatic N) is 1. The van der Waals surface area contributed by atoms with E-state index in [0.29, 0.717) is 4.47 Å². The molecule has 2 N–H and O–H groups in total. The fourth-order valence-corrected chi connectivity index (χ4v) is 1.38. The molecular formula is C11H13BrN2O4. The number of pyridine rings is 1. The van der Waals surface area contributed by atoms with Crippen LogP contribution in [0.3, 0.4) is 0 Å². The van der Waals surface area contributed by atoms with Crippen LogP contribution in [0.15, 0.2) is 16.7 Å². The molecule has 0 fully saturated rings. The molecule has 0 aliphatic heterocycles. The number of ether oxygens (including phenoxy) is 1. The van der Waals surface area contributed by atoms with Crippen molar-refractivity contribution in [2.75, 3.05) is 5.32 Å². The highest BCUT2D eigenvalue weighted by atomic mass is 79.9. The number of carboxylic acid groups (broad SMARTS) is 1. The highest BCUT2D eigenvalue weighted by molar-refractivity contribution is 9.10. The zero-order chi connectivity index (χ0) is 13.9. The molecule has 0 bridgehead atoms. The van der Waals surface area contributed by atoms with Crippen molar-refractivity contribution >= 4 is 33.7 Å². The fourth-order valence-electron chi connectivity index (χ4n) is 1.07. The normalized spacial score (nSPS) is 10.9. The van der Waals surface area contributed by atoms with Crippen LogP contribution >= 0.6 is 15.9 Å². The van der Waals surface area contributed by atoms with Crippen molar-refractivity contribution in [3.63, 3.8) is 0 Å². The molecule has 1 rings (SSSR count). The van der Waals surface area contributed by atoms with E-state index < -0.39 is 17.7 Å². The lowest BCUT2D eigenvalue weighted by Gasteiger charge is -2.20. The summed E-state index contributed by atoms with van der Waals surface area (Å²) in [6.45, 7) is 5.20. The lowest BCUT2D eigenvalue weighted by molar-refractivity contribution is 0.0632. The monoisotopic (exact) mass is 316 g/mol. The summed E-state index contributed by atoms with van der Waals surface area (Å²) < 4.78 is 5.53. The number of hydrogen-bond acceptors (Lipinski definition) is 4. The zero-order valence-electron chi connectivity index (χ0n) is 10.2. The Kier molecular flexibility index (Phi) is 4.28. The van der Waals surface area contributed by atoms with E-state index in [4.69, 9.17) is 9.84 Å². The van der Waals surface area contributed by atoms with Gasteiger partial charge in [-0.3, -0.25) is 5.32 Å². The summed E-state index contributed by atoms with van der Waals surface area (Å²) in [7, 11) is 0. The first-order valence-corrected chi connectivity index (χ1v) is 5.87. The van der Waals surface area contributed by atoms with E-state index in [1.165, 1.54) is 12.3 Å². The van der Waals surface area contributed by atoms with Gasteiger partial charge >= 0.3 is 12.1 Å². The van der Waals surface area contributed by atoms with E-state index in [2.05, 4.69) is 26.2 Å². The Bertz CT molecular complexity index is 482. The Balaban J connectivity index is 2.87. The van der Waals surface area contributed by atoms with Crippen molar-refractivity contribution in [2.45, 2.75) is 26.4 Å². The molecule has 1 heterocycles. The summed E-state index contributed by atoms with van der Waals surface area (Å²) >= 11 is 3.16. The van der Waals surface area contributed by atoms with Gasteiger partial charge in [0.2, 0.25) is 0 Å². The number of hydrogen-bond donors (Lipinski definition) is 2. The minimum absolute atomic E-state index is 0.163. The van der Waals surface area contributed by atoms with Crippen molar-refractivity contribution < 1.29 is 19.4 Å². The van der Waals surface area contributed by atoms with E-state index in [-0.39, 0.29) is 11.4 Å². The molecule has 1 aromatic heterocycles. The molecule has 0 spiro atoms. The number of carbonyl (C=O) groups is 2. The summed E-state index contributed by atoms with van der Waals surface area (Å²) in [5.74, 6) is -1.17. The Hall–Kier alpha value is -1.63. The fraction of sp³-hybridized carbons (Fsp3) is 0.364. The van der Waals surface area contributed by atoms with Crippen LogP contribution in [0.2, 0.25) is 0 Å². The van der Waals surface area contributed by atoms with Crippen LogP contribution in [0.1, 0.15) is 31.3 Å². The molecule has 0 saturated heterocycles. The van der Waals surface area contributed by atoms with Crippen molar-refractivity contribution in [1.29, 1.82) is 0 Å². The van der Waals surface area contributed by atoms with Gasteiger partial charge in [-0.2, -0.15) is 0 Å². The second-order valence-corrected chi connectivity index (χ2v) is 5.34. The molecule has 1 amide bonds. The van der Waals surface area contributed by atoms with Crippen molar-refractivity contribution in [1.82, 2.24) is 4.98 Å². The highest BCUT2D eigenvalue weighted by Gasteiger charge is 2.18. The molecule has 18 heavy (non-hydrogen) atoms. The summed E-state index contributed by atoms with van der Waals surface area (Å²) in [6.07, 6.45) is 0.640. The number of carbonyl (C=O) groups excluding carboxylic acids is 1. The van der Waals surface area contributed by atoms with Crippen LogP contribution in [0.4, 0.5) is 10.5 Å². The third kappa shape index (κ3) is 4.33. The van der Waals surface area contributed by atoms with Crippen molar-refractivity contribution in [3.05, 3.63) is 22.4 Å². The Labute approximate surface area is 112 Å². The summed E-state index contributed by atoms with van der Waals surface area (Å²) in [5.41, 5.74) is -0.500. The average Bonchev–Trinajstić information content (AvgIpc) is 2.18. The van der Waals surface area contributed by atoms with Gasteiger partial charge in [0.25, 0.3) is 0 Å². The predicted molar refractivity (Wildman–Crippen MR) is 68.8 cm³/mol. The topological polar surface area (TPSA) is 88.5 Å². The van der Waals surface area contributed by atoms with Gasteiger partial charge in [-0.25, -0.2) is 14.6 Å². The zero-order valence-corrected chi connectivity index (χ0v) is 11.7. The first-order valence-electron chi connectivity index (χ1n) is 5.08. The molecule has 0 aliphatic carbocycles. The molecule has 0 aromatic carbocycles. The molecule has 0 atom stereocenters. The maximum absolute atomic E-state index is 11.5. The quantitative estimate of drug-likeness (QED) is 0.875. The number of anilines is 1. The molecule has 7 heteroatoms. The van der Waals surface area contributed by atoms with E-state index in [1.807, 2.05) is 0 Å². The van der Waals surface area contributed by atoms with Crippen LogP contribution in [-0.2, 0) is 4.74 Å². The van der Waals surface area contributed by atoms with Crippen molar-refractivity contribution in [3.8, 4) is 0 Å². The van der Waals surface area contributed by atoms with Crippen LogP contribution in [0, 0.1) is 0 Å². The van der Waals surface area contributed by atoms with Gasteiger partial charge in [0, 0.05) is 6.20 Å². The van der Waals surface area contributed by atoms with Gasteiger partial charge in [0.1, 0.15) is 11.3 Å². The average molecular weight is 317 g/mol. The van der Waals surface area contributed by atoms with Gasteiger partial charge < -0.3 is 9.84 Å². The first kappa shape index (κ1) is 14.4. The van der Waals surface area contributed by atoms with Crippen LogP contribution in [0.25, 0.3) is 0 Å². The molecule has 0 saturated carbocycles. The highest BCUT2D eigenvalue weighted by Crippen LogP contribution is 2.22. The number of aromatic carboxylic acids is 1. The largest absolute Gasteiger partial charge is 0.477 e. The molecular weight excluding hydrogens is 304 g/mol. The Morgan fingerprint density at radius 1 is 1.44 bits per heavy atom. The standard InChI is InChI=1S/C11H13BrN2O4/c1-11(2,3)18-10(17)14-7-4-8(9(15)16)13-5-6(7)12/h4-5H,1-3H3,(H,15,16)(H,13,14,17). The van der Waals surface area contributed by atoms with Crippen molar-refractivity contribution in [2.24, 2.45) is 0 Å². The number of nitrogens with one attached hydrogen (secondary N) is 1. The minimum Gasteiger partial charge on any atom is -0.477 e. The van der Waals surface area contributed by atoms with Crippen LogP contribution in [0.5, 0.6) is 0 Å². The number of rotatable bonds is 2. The molecule has 98 valence electrons. The summed E-state index contributed by atoms with van der Waals surface area (Å²) in [6, 6.07) is 1.25. The van der Waals surface area contributed by atoms with Gasteiger partial charge in [-0.1, -0.05) is 0 Å². The maximum Gasteiger partial charge on any atom is 0.412 e. The van der Waals surface area contributed by atoms with Gasteiger partial charge in [-0.05, 0) is 42.8 Å². The molecule has 0 radical (unpaired) electrons. The summed E-state index contributed by atoms with van der Waals surface area (Å²) in [4.78, 5) is 26.0. The van der Waals surface area contributed by atoms with Crippen LogP contribution in [-0.4, -0.2) is 27.8 Å². The van der Waals surface area contributed by atoms with E-state index >= 15 is 0 Å². The lowest BCUT2D eigenvalue weighted by atomic mass is 10.2. The molecule has 6 nitrogen and oxygen atoms in total. The smallest absolute Gasteiger partial charge is 0.412 e. The van der Waals surface area contributed by atoms with Gasteiger partial charge in [-0.15, -0.1) is 0 Å². The van der Waals surface area contributed by atoms with Gasteiger partial charge in [0.05, 0.1) is 10.2 Å². The number of amides is 1. The Morgan fingerprint density at radius 3 is 2.56 bits per heavy atom. The third-order valence-electron chi connectivity index (χ3n) is 1.71. The predicted octanol–water partition coefficient (Wildman–Crippen LogP) is 2.89. The second kappa shape index (κ2) is 5.34. The minimum atomic E-state index is -1.17. The molecule has 0 aliphatic rings. The Morgan fingerprint density at radius 2 is 2.06 bits per heavy atom. The second-order valence-electron chi connectivity index (χ2n) is 4.48. The van der Waals surface area contributed by atoms with Crippen LogP contribution < -0.4 is 5.32 Å². The first-order chi connectivity index (χ1) is 8.19. The van der Waals surface area contributed by atoms with E-state index in [1.54, 1.807) is 20.8 Å². The summed E-state index contributed by atoms with van der Waals surface area (Å²) in [5, 5.41) is 11.2. The molecule has 1 aromatic rings. The van der Waals surface area contributed by atoms with Gasteiger partial charge in [0.15, 0.2) is 0 Å². The molecule has 0 unspecified atom stereocenters. The number of halogens is 1. The van der Waals surface area contributed by atoms with E-state index in [0.717, 1.165) is 0 Å². The number of carboxylic acids is 1. The number of aromatic nitrogens is 1.